The molecular weight excluding hydrogens is 317 g/mol. The lowest BCUT2D eigenvalue weighted by atomic mass is 10.3. The van der Waals surface area contributed by atoms with E-state index in [0.717, 1.165) is 0 Å². The Morgan fingerprint density at radius 2 is 2.11 bits per heavy atom. The molecule has 0 amide bonds. The van der Waals surface area contributed by atoms with Crippen LogP contribution in [0.5, 0.6) is 0 Å². The number of anilines is 2. The monoisotopic (exact) mass is 325 g/mol. The molecule has 98 valence electrons. The maximum atomic E-state index is 13.6. The third kappa shape index (κ3) is 3.25. The SMILES string of the molecule is Cc1cc(C(=O)O)nc(Nc2cc(Br)ccc2F)n1. The fourth-order valence-corrected chi connectivity index (χ4v) is 1.81. The van der Waals surface area contributed by atoms with Crippen LogP contribution in [0.3, 0.4) is 0 Å². The van der Waals surface area contributed by atoms with E-state index < -0.39 is 11.8 Å². The van der Waals surface area contributed by atoms with Crippen molar-refractivity contribution in [3.05, 3.63) is 45.9 Å². The van der Waals surface area contributed by atoms with Crippen molar-refractivity contribution in [3.8, 4) is 0 Å². The molecule has 2 aromatic rings. The second kappa shape index (κ2) is 5.31. The Kier molecular flexibility index (Phi) is 3.75. The molecule has 0 unspecified atom stereocenters. The fraction of sp³-hybridized carbons (Fsp3) is 0.0833. The molecule has 0 aliphatic rings. The Morgan fingerprint density at radius 1 is 1.37 bits per heavy atom. The minimum Gasteiger partial charge on any atom is -0.477 e. The number of carbonyl (C=O) groups is 1. The highest BCUT2D eigenvalue weighted by atomic mass is 79.9. The molecule has 0 bridgehead atoms. The second-order valence-electron chi connectivity index (χ2n) is 3.77. The van der Waals surface area contributed by atoms with E-state index in [1.807, 2.05) is 0 Å². The predicted molar refractivity (Wildman–Crippen MR) is 71.1 cm³/mol. The highest BCUT2D eigenvalue weighted by Crippen LogP contribution is 2.22. The normalized spacial score (nSPS) is 10.3. The summed E-state index contributed by atoms with van der Waals surface area (Å²) in [5.74, 6) is -1.61. The topological polar surface area (TPSA) is 75.1 Å². The Balaban J connectivity index is 2.38. The lowest BCUT2D eigenvalue weighted by Crippen LogP contribution is -2.07. The van der Waals surface area contributed by atoms with Gasteiger partial charge in [-0.2, -0.15) is 0 Å². The van der Waals surface area contributed by atoms with Crippen molar-refractivity contribution >= 4 is 33.5 Å². The van der Waals surface area contributed by atoms with E-state index in [9.17, 15) is 9.18 Å². The second-order valence-corrected chi connectivity index (χ2v) is 4.69. The van der Waals surface area contributed by atoms with Crippen molar-refractivity contribution in [2.45, 2.75) is 6.92 Å². The summed E-state index contributed by atoms with van der Waals surface area (Å²) in [6, 6.07) is 5.69. The zero-order valence-corrected chi connectivity index (χ0v) is 11.4. The first kappa shape index (κ1) is 13.4. The fourth-order valence-electron chi connectivity index (χ4n) is 1.45. The Labute approximate surface area is 116 Å². The predicted octanol–water partition coefficient (Wildman–Crippen LogP) is 3.13. The number of hydrogen-bond acceptors (Lipinski definition) is 4. The summed E-state index contributed by atoms with van der Waals surface area (Å²) in [6.45, 7) is 1.64. The van der Waals surface area contributed by atoms with Crippen LogP contribution in [0.1, 0.15) is 16.2 Å². The van der Waals surface area contributed by atoms with Crippen molar-refractivity contribution in [3.63, 3.8) is 0 Å². The zero-order valence-electron chi connectivity index (χ0n) is 9.82. The molecule has 0 atom stereocenters. The van der Waals surface area contributed by atoms with E-state index in [2.05, 4.69) is 31.2 Å². The molecule has 2 rings (SSSR count). The molecule has 0 saturated carbocycles. The lowest BCUT2D eigenvalue weighted by Gasteiger charge is -2.08. The number of halogens is 2. The van der Waals surface area contributed by atoms with E-state index in [4.69, 9.17) is 5.11 Å². The molecule has 0 fully saturated rings. The molecule has 2 N–H and O–H groups in total. The number of nitrogens with zero attached hydrogens (tertiary/aromatic N) is 2. The third-order valence-electron chi connectivity index (χ3n) is 2.25. The number of aryl methyl sites for hydroxylation is 1. The average molecular weight is 326 g/mol. The number of rotatable bonds is 3. The number of aromatic carboxylic acids is 1. The van der Waals surface area contributed by atoms with Crippen LogP contribution in [-0.4, -0.2) is 21.0 Å². The molecule has 5 nitrogen and oxygen atoms in total. The van der Waals surface area contributed by atoms with E-state index in [-0.39, 0.29) is 17.3 Å². The van der Waals surface area contributed by atoms with Gasteiger partial charge in [0.05, 0.1) is 5.69 Å². The molecule has 0 radical (unpaired) electrons. The van der Waals surface area contributed by atoms with Crippen molar-refractivity contribution in [1.82, 2.24) is 9.97 Å². The summed E-state index contributed by atoms with van der Waals surface area (Å²) >= 11 is 3.22. The van der Waals surface area contributed by atoms with E-state index in [1.54, 1.807) is 13.0 Å². The smallest absolute Gasteiger partial charge is 0.354 e. The molecule has 1 heterocycles. The maximum Gasteiger partial charge on any atom is 0.354 e. The van der Waals surface area contributed by atoms with Gasteiger partial charge in [-0.3, -0.25) is 0 Å². The van der Waals surface area contributed by atoms with Gasteiger partial charge in [-0.05, 0) is 31.2 Å². The van der Waals surface area contributed by atoms with Gasteiger partial charge in [0.25, 0.3) is 0 Å². The van der Waals surface area contributed by atoms with E-state index in [1.165, 1.54) is 18.2 Å². The Bertz CT molecular complexity index is 649. The number of carboxylic acids is 1. The van der Waals surface area contributed by atoms with Crippen LogP contribution in [0.25, 0.3) is 0 Å². The Morgan fingerprint density at radius 3 is 2.79 bits per heavy atom. The van der Waals surface area contributed by atoms with Crippen molar-refractivity contribution < 1.29 is 14.3 Å². The quantitative estimate of drug-likeness (QED) is 0.906. The standard InChI is InChI=1S/C12H9BrFN3O2/c1-6-4-10(11(18)19)17-12(15-6)16-9-5-7(13)2-3-8(9)14/h2-5H,1H3,(H,18,19)(H,15,16,17). The first-order chi connectivity index (χ1) is 8.95. The first-order valence-corrected chi connectivity index (χ1v) is 6.06. The summed E-state index contributed by atoms with van der Waals surface area (Å²) in [5, 5.41) is 11.6. The number of nitrogens with one attached hydrogen (secondary N) is 1. The number of benzene rings is 1. The van der Waals surface area contributed by atoms with Gasteiger partial charge in [-0.15, -0.1) is 0 Å². The lowest BCUT2D eigenvalue weighted by molar-refractivity contribution is 0.0690. The van der Waals surface area contributed by atoms with Gasteiger partial charge >= 0.3 is 5.97 Å². The van der Waals surface area contributed by atoms with Crippen molar-refractivity contribution in [2.24, 2.45) is 0 Å². The van der Waals surface area contributed by atoms with Crippen LogP contribution in [0.4, 0.5) is 16.0 Å². The van der Waals surface area contributed by atoms with E-state index >= 15 is 0 Å². The third-order valence-corrected chi connectivity index (χ3v) is 2.74. The maximum absolute atomic E-state index is 13.6. The molecular formula is C12H9BrFN3O2. The largest absolute Gasteiger partial charge is 0.477 e. The van der Waals surface area contributed by atoms with Crippen LogP contribution in [-0.2, 0) is 0 Å². The molecule has 0 aliphatic carbocycles. The van der Waals surface area contributed by atoms with Gasteiger partial charge in [0.15, 0.2) is 5.69 Å². The first-order valence-electron chi connectivity index (χ1n) is 5.27. The van der Waals surface area contributed by atoms with E-state index in [0.29, 0.717) is 10.2 Å². The van der Waals surface area contributed by atoms with Crippen LogP contribution in [0.2, 0.25) is 0 Å². The van der Waals surface area contributed by atoms with Crippen LogP contribution in [0.15, 0.2) is 28.7 Å². The summed E-state index contributed by atoms with van der Waals surface area (Å²) in [6.07, 6.45) is 0. The molecule has 0 aliphatic heterocycles. The van der Waals surface area contributed by atoms with Gasteiger partial charge in [0.1, 0.15) is 5.82 Å². The van der Waals surface area contributed by atoms with Crippen molar-refractivity contribution in [1.29, 1.82) is 0 Å². The summed E-state index contributed by atoms with van der Waals surface area (Å²) in [5.41, 5.74) is 0.493. The molecule has 1 aromatic heterocycles. The Hall–Kier alpha value is -2.02. The molecule has 7 heteroatoms. The molecule has 0 spiro atoms. The van der Waals surface area contributed by atoms with Gasteiger partial charge in [-0.1, -0.05) is 15.9 Å². The summed E-state index contributed by atoms with van der Waals surface area (Å²) in [4.78, 5) is 18.7. The zero-order chi connectivity index (χ0) is 14.0. The molecule has 19 heavy (non-hydrogen) atoms. The average Bonchev–Trinajstić information content (AvgIpc) is 2.33. The van der Waals surface area contributed by atoms with Gasteiger partial charge in [0, 0.05) is 10.2 Å². The highest BCUT2D eigenvalue weighted by Gasteiger charge is 2.10. The number of carboxylic acid groups (broad SMARTS) is 1. The molecule has 1 aromatic carbocycles. The van der Waals surface area contributed by atoms with Crippen LogP contribution in [0, 0.1) is 12.7 Å². The van der Waals surface area contributed by atoms with Gasteiger partial charge in [-0.25, -0.2) is 19.2 Å². The minimum absolute atomic E-state index is 0.0365. The van der Waals surface area contributed by atoms with Crippen LogP contribution >= 0.6 is 15.9 Å². The summed E-state index contributed by atoms with van der Waals surface area (Å²) in [7, 11) is 0. The van der Waals surface area contributed by atoms with Crippen LogP contribution < -0.4 is 5.32 Å². The molecule has 0 saturated heterocycles. The number of aromatic nitrogens is 2. The minimum atomic E-state index is -1.16. The number of hydrogen-bond donors (Lipinski definition) is 2. The van der Waals surface area contributed by atoms with Gasteiger partial charge < -0.3 is 10.4 Å². The summed E-state index contributed by atoms with van der Waals surface area (Å²) < 4.78 is 14.2. The van der Waals surface area contributed by atoms with Crippen molar-refractivity contribution in [2.75, 3.05) is 5.32 Å². The van der Waals surface area contributed by atoms with Gasteiger partial charge in [0.2, 0.25) is 5.95 Å². The highest BCUT2D eigenvalue weighted by molar-refractivity contribution is 9.10.